The number of pyridine rings is 1. The van der Waals surface area contributed by atoms with Crippen molar-refractivity contribution in [3.8, 4) is 0 Å². The lowest BCUT2D eigenvalue weighted by molar-refractivity contribution is 0.0768. The minimum atomic E-state index is 0. The minimum Gasteiger partial charge on any atom is -0.378 e. The van der Waals surface area contributed by atoms with Gasteiger partial charge in [-0.15, -0.1) is 12.4 Å². The Kier molecular flexibility index (Phi) is 4.15. The Morgan fingerprint density at radius 2 is 2.46 bits per heavy atom. The predicted octanol–water partition coefficient (Wildman–Crippen LogP) is 1.16. The number of halogens is 1. The van der Waals surface area contributed by atoms with E-state index in [2.05, 4.69) is 16.4 Å². The molecule has 1 aromatic heterocycles. The van der Waals surface area contributed by atoms with E-state index in [0.717, 1.165) is 19.8 Å². The molecule has 0 radical (unpaired) electrons. The van der Waals surface area contributed by atoms with Crippen molar-refractivity contribution in [3.63, 3.8) is 0 Å². The van der Waals surface area contributed by atoms with Crippen LogP contribution < -0.4 is 5.32 Å². The standard InChI is InChI=1S/C9H12N2O.ClH/c1-2-8(6-10-3-1)9-7-12-5-4-11-9;/h1-3,6,9,11H,4-5,7H2;1H/t9-;/m1./s1. The maximum Gasteiger partial charge on any atom is 0.0662 e. The molecule has 1 saturated heterocycles. The first-order valence-corrected chi connectivity index (χ1v) is 4.18. The molecule has 13 heavy (non-hydrogen) atoms. The average Bonchev–Trinajstić information content (AvgIpc) is 2.21. The van der Waals surface area contributed by atoms with Crippen LogP contribution >= 0.6 is 12.4 Å². The van der Waals surface area contributed by atoms with Crippen molar-refractivity contribution >= 4 is 12.4 Å². The van der Waals surface area contributed by atoms with Gasteiger partial charge in [0.1, 0.15) is 0 Å². The fraction of sp³-hybridized carbons (Fsp3) is 0.444. The number of morpholine rings is 1. The molecule has 1 atom stereocenters. The zero-order valence-corrected chi connectivity index (χ0v) is 8.09. The summed E-state index contributed by atoms with van der Waals surface area (Å²) in [5, 5.41) is 3.37. The number of ether oxygens (including phenoxy) is 1. The number of hydrogen-bond acceptors (Lipinski definition) is 3. The molecule has 1 aliphatic rings. The van der Waals surface area contributed by atoms with Crippen molar-refractivity contribution < 1.29 is 4.74 Å². The Morgan fingerprint density at radius 3 is 3.08 bits per heavy atom. The van der Waals surface area contributed by atoms with Gasteiger partial charge in [-0.1, -0.05) is 6.07 Å². The van der Waals surface area contributed by atoms with Crippen molar-refractivity contribution in [3.05, 3.63) is 30.1 Å². The quantitative estimate of drug-likeness (QED) is 0.739. The molecule has 0 spiro atoms. The number of nitrogens with zero attached hydrogens (tertiary/aromatic N) is 1. The molecule has 0 aliphatic carbocycles. The normalized spacial score (nSPS) is 22.0. The van der Waals surface area contributed by atoms with Gasteiger partial charge in [-0.05, 0) is 11.6 Å². The minimum absolute atomic E-state index is 0. The molecule has 2 rings (SSSR count). The van der Waals surface area contributed by atoms with Gasteiger partial charge in [0.05, 0.1) is 19.3 Å². The predicted molar refractivity (Wildman–Crippen MR) is 53.0 cm³/mol. The summed E-state index contributed by atoms with van der Waals surface area (Å²) in [7, 11) is 0. The molecule has 1 aromatic rings. The Morgan fingerprint density at radius 1 is 1.54 bits per heavy atom. The monoisotopic (exact) mass is 200 g/mol. The Balaban J connectivity index is 0.000000845. The fourth-order valence-corrected chi connectivity index (χ4v) is 1.36. The lowest BCUT2D eigenvalue weighted by Gasteiger charge is -2.23. The van der Waals surface area contributed by atoms with Crippen LogP contribution in [0.3, 0.4) is 0 Å². The smallest absolute Gasteiger partial charge is 0.0662 e. The highest BCUT2D eigenvalue weighted by Gasteiger charge is 2.14. The van der Waals surface area contributed by atoms with Crippen LogP contribution in [0.1, 0.15) is 11.6 Å². The fourth-order valence-electron chi connectivity index (χ4n) is 1.36. The number of hydrogen-bond donors (Lipinski definition) is 1. The molecule has 0 aromatic carbocycles. The first kappa shape index (κ1) is 10.4. The molecule has 1 N–H and O–H groups in total. The Hall–Kier alpha value is -0.640. The van der Waals surface area contributed by atoms with Gasteiger partial charge in [0, 0.05) is 18.9 Å². The lowest BCUT2D eigenvalue weighted by Crippen LogP contribution is -2.34. The molecule has 4 heteroatoms. The average molecular weight is 201 g/mol. The highest BCUT2D eigenvalue weighted by atomic mass is 35.5. The van der Waals surface area contributed by atoms with E-state index in [1.54, 1.807) is 6.20 Å². The zero-order valence-electron chi connectivity index (χ0n) is 7.27. The second-order valence-electron chi connectivity index (χ2n) is 2.87. The van der Waals surface area contributed by atoms with E-state index in [9.17, 15) is 0 Å². The second-order valence-corrected chi connectivity index (χ2v) is 2.87. The highest BCUT2D eigenvalue weighted by Crippen LogP contribution is 2.13. The van der Waals surface area contributed by atoms with Gasteiger partial charge in [-0.25, -0.2) is 0 Å². The van der Waals surface area contributed by atoms with E-state index in [4.69, 9.17) is 4.74 Å². The largest absolute Gasteiger partial charge is 0.378 e. The van der Waals surface area contributed by atoms with Gasteiger partial charge in [0.15, 0.2) is 0 Å². The van der Waals surface area contributed by atoms with Crippen molar-refractivity contribution in [1.29, 1.82) is 0 Å². The molecular formula is C9H13ClN2O. The van der Waals surface area contributed by atoms with Crippen LogP contribution in [0, 0.1) is 0 Å². The number of rotatable bonds is 1. The van der Waals surface area contributed by atoms with Crippen LogP contribution in [0.5, 0.6) is 0 Å². The summed E-state index contributed by atoms with van der Waals surface area (Å²) >= 11 is 0. The molecule has 1 fully saturated rings. The number of nitrogens with one attached hydrogen (secondary N) is 1. The van der Waals surface area contributed by atoms with E-state index >= 15 is 0 Å². The molecule has 3 nitrogen and oxygen atoms in total. The zero-order chi connectivity index (χ0) is 8.23. The summed E-state index contributed by atoms with van der Waals surface area (Å²) in [6, 6.07) is 4.35. The van der Waals surface area contributed by atoms with Crippen LogP contribution in [0.4, 0.5) is 0 Å². The van der Waals surface area contributed by atoms with Crippen molar-refractivity contribution in [1.82, 2.24) is 10.3 Å². The van der Waals surface area contributed by atoms with E-state index < -0.39 is 0 Å². The van der Waals surface area contributed by atoms with Crippen molar-refractivity contribution in [2.75, 3.05) is 19.8 Å². The summed E-state index contributed by atoms with van der Waals surface area (Å²) in [6.07, 6.45) is 3.67. The van der Waals surface area contributed by atoms with Crippen molar-refractivity contribution in [2.24, 2.45) is 0 Å². The molecule has 0 unspecified atom stereocenters. The Labute approximate surface area is 83.9 Å². The molecule has 0 amide bonds. The highest BCUT2D eigenvalue weighted by molar-refractivity contribution is 5.85. The first-order chi connectivity index (χ1) is 5.97. The van der Waals surface area contributed by atoms with Gasteiger partial charge in [-0.2, -0.15) is 0 Å². The third-order valence-electron chi connectivity index (χ3n) is 2.01. The maximum absolute atomic E-state index is 5.35. The topological polar surface area (TPSA) is 34.1 Å². The third-order valence-corrected chi connectivity index (χ3v) is 2.01. The second kappa shape index (κ2) is 5.17. The summed E-state index contributed by atoms with van der Waals surface area (Å²) in [6.45, 7) is 2.50. The van der Waals surface area contributed by atoms with Crippen LogP contribution in [0.15, 0.2) is 24.5 Å². The lowest BCUT2D eigenvalue weighted by atomic mass is 10.1. The first-order valence-electron chi connectivity index (χ1n) is 4.18. The molecule has 1 aliphatic heterocycles. The van der Waals surface area contributed by atoms with Crippen LogP contribution in [0.25, 0.3) is 0 Å². The van der Waals surface area contributed by atoms with E-state index in [1.807, 2.05) is 12.3 Å². The van der Waals surface area contributed by atoms with Crippen LogP contribution in [0.2, 0.25) is 0 Å². The summed E-state index contributed by atoms with van der Waals surface area (Å²) in [5.41, 5.74) is 1.21. The van der Waals surface area contributed by atoms with Gasteiger partial charge in [0.2, 0.25) is 0 Å². The summed E-state index contributed by atoms with van der Waals surface area (Å²) < 4.78 is 5.35. The third kappa shape index (κ3) is 2.66. The maximum atomic E-state index is 5.35. The van der Waals surface area contributed by atoms with Gasteiger partial charge >= 0.3 is 0 Å². The van der Waals surface area contributed by atoms with Gasteiger partial charge in [-0.3, -0.25) is 4.98 Å². The summed E-state index contributed by atoms with van der Waals surface area (Å²) in [4.78, 5) is 4.06. The molecule has 72 valence electrons. The van der Waals surface area contributed by atoms with E-state index in [0.29, 0.717) is 6.04 Å². The van der Waals surface area contributed by atoms with Gasteiger partial charge < -0.3 is 10.1 Å². The van der Waals surface area contributed by atoms with Crippen LogP contribution in [-0.2, 0) is 4.74 Å². The van der Waals surface area contributed by atoms with Crippen molar-refractivity contribution in [2.45, 2.75) is 6.04 Å². The van der Waals surface area contributed by atoms with Crippen LogP contribution in [-0.4, -0.2) is 24.7 Å². The van der Waals surface area contributed by atoms with E-state index in [-0.39, 0.29) is 12.4 Å². The SMILES string of the molecule is Cl.c1cncc([C@H]2COCCN2)c1. The number of aromatic nitrogens is 1. The van der Waals surface area contributed by atoms with Gasteiger partial charge in [0.25, 0.3) is 0 Å². The molecule has 0 saturated carbocycles. The molecule has 0 bridgehead atoms. The molecular weight excluding hydrogens is 188 g/mol. The van der Waals surface area contributed by atoms with E-state index in [1.165, 1.54) is 5.56 Å². The summed E-state index contributed by atoms with van der Waals surface area (Å²) in [5.74, 6) is 0. The molecule has 2 heterocycles. The Bertz CT molecular complexity index is 237.